The van der Waals surface area contributed by atoms with Crippen molar-refractivity contribution in [2.45, 2.75) is 51.9 Å². The van der Waals surface area contributed by atoms with Crippen molar-refractivity contribution in [3.63, 3.8) is 0 Å². The van der Waals surface area contributed by atoms with Crippen molar-refractivity contribution in [2.24, 2.45) is 0 Å². The molecule has 0 spiro atoms. The molecule has 4 aromatic rings. The van der Waals surface area contributed by atoms with Gasteiger partial charge in [0, 0.05) is 17.3 Å². The van der Waals surface area contributed by atoms with Crippen LogP contribution >= 0.6 is 0 Å². The third-order valence-corrected chi connectivity index (χ3v) is 4.05. The molecule has 10 heteroatoms. The lowest BCUT2D eigenvalue weighted by atomic mass is 9.87. The fraction of sp³-hybridized carbons (Fsp3) is 0.500. The van der Waals surface area contributed by atoms with Gasteiger partial charge in [-0.15, -0.1) is 14.8 Å². The fourth-order valence-electron chi connectivity index (χ4n) is 2.60. The zero-order chi connectivity index (χ0) is 18.5. The van der Waals surface area contributed by atoms with Crippen LogP contribution in [0.3, 0.4) is 0 Å². The second-order valence-electron chi connectivity index (χ2n) is 7.97. The van der Waals surface area contributed by atoms with Gasteiger partial charge in [0.2, 0.25) is 0 Å². The summed E-state index contributed by atoms with van der Waals surface area (Å²) in [5.41, 5.74) is 0.276. The van der Waals surface area contributed by atoms with Crippen LogP contribution in [0.1, 0.15) is 52.0 Å². The lowest BCUT2D eigenvalue weighted by Gasteiger charge is -2.19. The number of hydrogen-bond donors (Lipinski definition) is 0. The summed E-state index contributed by atoms with van der Waals surface area (Å²) in [6.45, 7) is 10.3. The molecule has 10 nitrogen and oxygen atoms in total. The van der Waals surface area contributed by atoms with Gasteiger partial charge in [0.25, 0.3) is 11.6 Å². The fourth-order valence-corrected chi connectivity index (χ4v) is 2.60. The maximum absolute atomic E-state index is 4.56. The molecule has 0 unspecified atom stereocenters. The van der Waals surface area contributed by atoms with Gasteiger partial charge in [-0.25, -0.2) is 9.97 Å². The Morgan fingerprint density at radius 2 is 1.65 bits per heavy atom. The Labute approximate surface area is 149 Å². The van der Waals surface area contributed by atoms with Crippen LogP contribution in [0.25, 0.3) is 11.6 Å². The maximum Gasteiger partial charge on any atom is 0.270 e. The maximum atomic E-state index is 4.56. The molecular weight excluding hydrogens is 332 g/mol. The van der Waals surface area contributed by atoms with Gasteiger partial charge in [-0.05, 0) is 0 Å². The molecule has 4 heterocycles. The zero-order valence-corrected chi connectivity index (χ0v) is 15.4. The number of rotatable bonds is 3. The van der Waals surface area contributed by atoms with E-state index in [1.165, 1.54) is 11.0 Å². The Bertz CT molecular complexity index is 1050. The molecule has 0 aliphatic carbocycles. The molecule has 134 valence electrons. The van der Waals surface area contributed by atoms with Crippen LogP contribution in [-0.4, -0.2) is 49.4 Å². The number of nitrogens with zero attached hydrogens (tertiary/aromatic N) is 10. The molecule has 0 atom stereocenters. The van der Waals surface area contributed by atoms with E-state index < -0.39 is 0 Å². The van der Waals surface area contributed by atoms with Gasteiger partial charge in [0.05, 0.1) is 11.9 Å². The predicted octanol–water partition coefficient (Wildman–Crippen LogP) is 1.17. The van der Waals surface area contributed by atoms with Gasteiger partial charge >= 0.3 is 0 Å². The summed E-state index contributed by atoms with van der Waals surface area (Å²) in [4.78, 5) is 21.4. The monoisotopic (exact) mass is 352 g/mol. The van der Waals surface area contributed by atoms with E-state index in [0.29, 0.717) is 23.8 Å². The first-order chi connectivity index (χ1) is 12.2. The van der Waals surface area contributed by atoms with E-state index in [1.54, 1.807) is 17.0 Å². The number of fused-ring (bicyclic) bond motifs is 2. The highest BCUT2D eigenvalue weighted by Gasteiger charge is 2.28. The third kappa shape index (κ3) is 2.87. The Morgan fingerprint density at radius 1 is 0.885 bits per heavy atom. The van der Waals surface area contributed by atoms with E-state index >= 15 is 0 Å². The summed E-state index contributed by atoms with van der Waals surface area (Å²) in [7, 11) is 0. The van der Waals surface area contributed by atoms with Gasteiger partial charge in [-0.2, -0.15) is 24.6 Å². The van der Waals surface area contributed by atoms with Crippen LogP contribution in [0.4, 0.5) is 0 Å². The molecule has 4 aromatic heterocycles. The smallest absolute Gasteiger partial charge is 0.225 e. The van der Waals surface area contributed by atoms with E-state index in [-0.39, 0.29) is 10.8 Å². The molecule has 0 saturated heterocycles. The average molecular weight is 352 g/mol. The highest BCUT2D eigenvalue weighted by atomic mass is 15.5. The molecule has 26 heavy (non-hydrogen) atoms. The van der Waals surface area contributed by atoms with Crippen molar-refractivity contribution < 1.29 is 0 Å². The molecule has 4 rings (SSSR count). The minimum Gasteiger partial charge on any atom is -0.225 e. The molecule has 0 saturated carbocycles. The zero-order valence-electron chi connectivity index (χ0n) is 15.4. The molecule has 0 amide bonds. The molecule has 0 N–H and O–H groups in total. The Kier molecular flexibility index (Phi) is 3.46. The van der Waals surface area contributed by atoms with Crippen LogP contribution in [0.15, 0.2) is 18.9 Å². The third-order valence-electron chi connectivity index (χ3n) is 4.05. The first-order valence-corrected chi connectivity index (χ1v) is 8.35. The first-order valence-electron chi connectivity index (χ1n) is 8.35. The summed E-state index contributed by atoms with van der Waals surface area (Å²) in [5, 5.41) is 13.5. The summed E-state index contributed by atoms with van der Waals surface area (Å²) in [6.07, 6.45) is 5.38. The Hall–Kier alpha value is -3.04. The molecule has 0 bridgehead atoms. The van der Waals surface area contributed by atoms with Gasteiger partial charge in [-0.3, -0.25) is 0 Å². The SMILES string of the molecule is CC(C)(C)c1nc2ncc(CC(C)(C)c3nc4ncncn4n3)nn2n1. The molecule has 0 radical (unpaired) electrons. The normalized spacial score (nSPS) is 13.0. The quantitative estimate of drug-likeness (QED) is 0.540. The first kappa shape index (κ1) is 16.4. The average Bonchev–Trinajstić information content (AvgIpc) is 3.18. The lowest BCUT2D eigenvalue weighted by Crippen LogP contribution is -2.24. The second-order valence-corrected chi connectivity index (χ2v) is 7.97. The van der Waals surface area contributed by atoms with Gasteiger partial charge in [0.1, 0.15) is 12.7 Å². The van der Waals surface area contributed by atoms with Crippen LogP contribution in [0.5, 0.6) is 0 Å². The van der Waals surface area contributed by atoms with Crippen LogP contribution in [-0.2, 0) is 17.3 Å². The number of hydrogen-bond acceptors (Lipinski definition) is 8. The highest BCUT2D eigenvalue weighted by molar-refractivity contribution is 5.28. The minimum absolute atomic E-state index is 0.156. The van der Waals surface area contributed by atoms with Crippen molar-refractivity contribution in [3.8, 4) is 0 Å². The predicted molar refractivity (Wildman–Crippen MR) is 92.6 cm³/mol. The van der Waals surface area contributed by atoms with Crippen molar-refractivity contribution in [1.82, 2.24) is 49.4 Å². The summed E-state index contributed by atoms with van der Waals surface area (Å²) >= 11 is 0. The standard InChI is InChI=1S/C16H20N10/c1-15(2,3)11-20-14-18-7-10(22-26(14)24-11)6-16(4,5)12-21-13-19-8-17-9-25(13)23-12/h7-9H,6H2,1-5H3. The lowest BCUT2D eigenvalue weighted by molar-refractivity contribution is 0.473. The van der Waals surface area contributed by atoms with Gasteiger partial charge < -0.3 is 0 Å². The van der Waals surface area contributed by atoms with Crippen LogP contribution < -0.4 is 0 Å². The molecule has 0 aromatic carbocycles. The van der Waals surface area contributed by atoms with E-state index in [9.17, 15) is 0 Å². The highest BCUT2D eigenvalue weighted by Crippen LogP contribution is 2.24. The van der Waals surface area contributed by atoms with Crippen LogP contribution in [0, 0.1) is 0 Å². The Balaban J connectivity index is 1.66. The van der Waals surface area contributed by atoms with E-state index in [4.69, 9.17) is 0 Å². The summed E-state index contributed by atoms with van der Waals surface area (Å²) in [5.74, 6) is 2.41. The van der Waals surface area contributed by atoms with Crippen molar-refractivity contribution in [2.75, 3.05) is 0 Å². The van der Waals surface area contributed by atoms with Crippen molar-refractivity contribution in [1.29, 1.82) is 0 Å². The summed E-state index contributed by atoms with van der Waals surface area (Å²) in [6, 6.07) is 0. The minimum atomic E-state index is -0.358. The topological polar surface area (TPSA) is 112 Å². The summed E-state index contributed by atoms with van der Waals surface area (Å²) < 4.78 is 3.06. The molecule has 0 fully saturated rings. The Morgan fingerprint density at radius 3 is 2.38 bits per heavy atom. The van der Waals surface area contributed by atoms with Crippen LogP contribution in [0.2, 0.25) is 0 Å². The largest absolute Gasteiger partial charge is 0.270 e. The van der Waals surface area contributed by atoms with Crippen molar-refractivity contribution >= 4 is 11.6 Å². The van der Waals surface area contributed by atoms with Crippen molar-refractivity contribution in [3.05, 3.63) is 36.2 Å². The van der Waals surface area contributed by atoms with E-state index in [0.717, 1.165) is 11.5 Å². The molecule has 0 aliphatic heterocycles. The van der Waals surface area contributed by atoms with E-state index in [1.807, 2.05) is 0 Å². The number of aromatic nitrogens is 10. The van der Waals surface area contributed by atoms with Gasteiger partial charge in [-0.1, -0.05) is 34.6 Å². The van der Waals surface area contributed by atoms with E-state index in [2.05, 4.69) is 74.8 Å². The second kappa shape index (κ2) is 5.48. The van der Waals surface area contributed by atoms with Gasteiger partial charge in [0.15, 0.2) is 11.6 Å². The molecule has 0 aliphatic rings. The molecular formula is C16H20N10.